The summed E-state index contributed by atoms with van der Waals surface area (Å²) in [5.41, 5.74) is 0.737. The van der Waals surface area contributed by atoms with Crippen molar-refractivity contribution in [2.45, 2.75) is 118 Å². The van der Waals surface area contributed by atoms with E-state index in [0.29, 0.717) is 11.3 Å². The number of hydrogen-bond acceptors (Lipinski definition) is 2. The lowest BCUT2D eigenvalue weighted by Crippen LogP contribution is -2.57. The molecule has 0 heterocycles. The van der Waals surface area contributed by atoms with Gasteiger partial charge >= 0.3 is 5.97 Å². The lowest BCUT2D eigenvalue weighted by Gasteiger charge is -2.62. The number of fused-ring (bicyclic) bond motifs is 5. The largest absolute Gasteiger partial charge is 0.481 e. The van der Waals surface area contributed by atoms with Crippen LogP contribution in [0, 0.1) is 58.2 Å². The van der Waals surface area contributed by atoms with Crippen molar-refractivity contribution >= 4 is 5.97 Å². The van der Waals surface area contributed by atoms with Crippen LogP contribution < -0.4 is 0 Å². The average molecular weight is 447 g/mol. The molecule has 4 rings (SSSR count). The monoisotopic (exact) mass is 446 g/mol. The van der Waals surface area contributed by atoms with E-state index >= 15 is 0 Å². The van der Waals surface area contributed by atoms with Crippen molar-refractivity contribution in [3.05, 3.63) is 0 Å². The Kier molecular flexibility index (Phi) is 7.08. The molecule has 0 aromatic carbocycles. The Bertz CT molecular complexity index is 673. The van der Waals surface area contributed by atoms with E-state index in [-0.39, 0.29) is 17.8 Å². The summed E-state index contributed by atoms with van der Waals surface area (Å²) in [6.45, 7) is 12.4. The minimum atomic E-state index is -0.735. The van der Waals surface area contributed by atoms with Crippen molar-refractivity contribution in [3.8, 4) is 0 Å². The molecule has 0 amide bonds. The van der Waals surface area contributed by atoms with Crippen molar-refractivity contribution in [1.29, 1.82) is 0 Å². The highest BCUT2D eigenvalue weighted by molar-refractivity contribution is 5.67. The number of aliphatic carboxylic acids is 1. The molecule has 10 atom stereocenters. The van der Waals surface area contributed by atoms with Gasteiger partial charge in [0.25, 0.3) is 0 Å². The lowest BCUT2D eigenvalue weighted by atomic mass is 9.43. The van der Waals surface area contributed by atoms with Gasteiger partial charge in [0.15, 0.2) is 0 Å². The molecule has 3 heteroatoms. The van der Waals surface area contributed by atoms with Gasteiger partial charge in [-0.25, -0.2) is 0 Å². The van der Waals surface area contributed by atoms with E-state index in [2.05, 4.69) is 34.6 Å². The third-order valence-electron chi connectivity index (χ3n) is 11.5. The Labute approximate surface area is 197 Å². The Morgan fingerprint density at radius 1 is 0.875 bits per heavy atom. The van der Waals surface area contributed by atoms with Gasteiger partial charge in [0.05, 0.1) is 12.5 Å². The van der Waals surface area contributed by atoms with Crippen LogP contribution in [0.5, 0.6) is 0 Å². The van der Waals surface area contributed by atoms with E-state index in [4.69, 9.17) is 0 Å². The number of hydrogen-bond donors (Lipinski definition) is 2. The van der Waals surface area contributed by atoms with Crippen LogP contribution in [-0.4, -0.2) is 22.3 Å². The fourth-order valence-corrected chi connectivity index (χ4v) is 10.0. The maximum atomic E-state index is 11.6. The minimum Gasteiger partial charge on any atom is -0.481 e. The summed E-state index contributed by atoms with van der Waals surface area (Å²) in [7, 11) is 0. The number of carboxylic acids is 1. The molecular weight excluding hydrogens is 396 g/mol. The maximum absolute atomic E-state index is 11.6. The summed E-state index contributed by atoms with van der Waals surface area (Å²) < 4.78 is 0. The SMILES string of the molecule is CC(C)CCC[C@@H](C)[C@H]1CCC2C3CCC4[C@H](CC(=O)O)[C@@H](O)CC[C@]4(C)C3CC[C@@]21C. The molecule has 4 saturated carbocycles. The van der Waals surface area contributed by atoms with Crippen LogP contribution in [0.15, 0.2) is 0 Å². The van der Waals surface area contributed by atoms with Crippen LogP contribution in [0.4, 0.5) is 0 Å². The Balaban J connectivity index is 1.49. The zero-order chi connectivity index (χ0) is 23.3. The molecule has 0 saturated heterocycles. The van der Waals surface area contributed by atoms with E-state index in [1.54, 1.807) is 0 Å². The summed E-state index contributed by atoms with van der Waals surface area (Å²) in [6.07, 6.45) is 13.7. The molecule has 0 aliphatic heterocycles. The molecule has 0 aromatic heterocycles. The number of carboxylic acid groups (broad SMARTS) is 1. The van der Waals surface area contributed by atoms with Crippen molar-refractivity contribution in [2.24, 2.45) is 58.2 Å². The van der Waals surface area contributed by atoms with E-state index in [1.807, 2.05) is 0 Å². The molecule has 32 heavy (non-hydrogen) atoms. The topological polar surface area (TPSA) is 57.5 Å². The van der Waals surface area contributed by atoms with Gasteiger partial charge in [0.2, 0.25) is 0 Å². The van der Waals surface area contributed by atoms with Crippen LogP contribution >= 0.6 is 0 Å². The van der Waals surface area contributed by atoms with Gasteiger partial charge in [0, 0.05) is 0 Å². The van der Waals surface area contributed by atoms with Gasteiger partial charge in [-0.2, -0.15) is 0 Å². The van der Waals surface area contributed by atoms with E-state index < -0.39 is 12.1 Å². The van der Waals surface area contributed by atoms with Crippen molar-refractivity contribution in [1.82, 2.24) is 0 Å². The normalized spacial score (nSPS) is 46.9. The molecule has 0 aromatic rings. The van der Waals surface area contributed by atoms with E-state index in [1.165, 1.54) is 51.4 Å². The first-order valence-electron chi connectivity index (χ1n) is 14.0. The summed E-state index contributed by atoms with van der Waals surface area (Å²) in [6, 6.07) is 0. The molecule has 184 valence electrons. The van der Waals surface area contributed by atoms with Gasteiger partial charge in [-0.3, -0.25) is 4.79 Å². The Hall–Kier alpha value is -0.570. The highest BCUT2D eigenvalue weighted by Crippen LogP contribution is 2.69. The molecule has 0 radical (unpaired) electrons. The number of aliphatic hydroxyl groups excluding tert-OH is 1. The molecule has 3 nitrogen and oxygen atoms in total. The highest BCUT2D eigenvalue weighted by atomic mass is 16.4. The van der Waals surface area contributed by atoms with Gasteiger partial charge in [-0.05, 0) is 110 Å². The number of aliphatic hydroxyl groups is 1. The zero-order valence-electron chi connectivity index (χ0n) is 21.5. The van der Waals surface area contributed by atoms with Crippen molar-refractivity contribution in [3.63, 3.8) is 0 Å². The zero-order valence-corrected chi connectivity index (χ0v) is 21.5. The molecular formula is C29H50O3. The Morgan fingerprint density at radius 2 is 1.53 bits per heavy atom. The van der Waals surface area contributed by atoms with Crippen LogP contribution in [0.3, 0.4) is 0 Å². The summed E-state index contributed by atoms with van der Waals surface area (Å²) in [5.74, 6) is 4.58. The first-order valence-corrected chi connectivity index (χ1v) is 14.0. The smallest absolute Gasteiger partial charge is 0.303 e. The first kappa shape index (κ1) is 24.6. The number of rotatable bonds is 7. The van der Waals surface area contributed by atoms with Crippen molar-refractivity contribution in [2.75, 3.05) is 0 Å². The molecule has 4 fully saturated rings. The van der Waals surface area contributed by atoms with Crippen LogP contribution in [0.2, 0.25) is 0 Å². The molecule has 4 aliphatic carbocycles. The molecule has 0 bridgehead atoms. The van der Waals surface area contributed by atoms with Crippen LogP contribution in [-0.2, 0) is 4.79 Å². The van der Waals surface area contributed by atoms with Crippen LogP contribution in [0.1, 0.15) is 112 Å². The fraction of sp³-hybridized carbons (Fsp3) is 0.966. The average Bonchev–Trinajstić information content (AvgIpc) is 3.07. The molecule has 4 unspecified atom stereocenters. The second-order valence-corrected chi connectivity index (χ2v) is 13.5. The standard InChI is InChI=1S/C29H50O3/c1-18(2)7-6-8-19(3)22-11-12-23-20-9-10-24-21(17-27(31)32)26(30)14-16-29(24,5)25(20)13-15-28(22,23)4/h18-26,30H,6-17H2,1-5H3,(H,31,32)/t19-,20?,21+,22-,23?,24?,25?,26+,28-,29+/m1/s1. The maximum Gasteiger partial charge on any atom is 0.303 e. The second kappa shape index (κ2) is 9.23. The first-order chi connectivity index (χ1) is 15.1. The van der Waals surface area contributed by atoms with Gasteiger partial charge in [-0.15, -0.1) is 0 Å². The second-order valence-electron chi connectivity index (χ2n) is 13.5. The van der Waals surface area contributed by atoms with Gasteiger partial charge < -0.3 is 10.2 Å². The predicted octanol–water partition coefficient (Wildman–Crippen LogP) is 7.17. The lowest BCUT2D eigenvalue weighted by molar-refractivity contribution is -0.162. The highest BCUT2D eigenvalue weighted by Gasteiger charge is 2.62. The fourth-order valence-electron chi connectivity index (χ4n) is 10.0. The predicted molar refractivity (Wildman–Crippen MR) is 130 cm³/mol. The molecule has 0 spiro atoms. The van der Waals surface area contributed by atoms with E-state index in [9.17, 15) is 15.0 Å². The third kappa shape index (κ3) is 4.18. The van der Waals surface area contributed by atoms with E-state index in [0.717, 1.165) is 54.8 Å². The number of carbonyl (C=O) groups is 1. The summed E-state index contributed by atoms with van der Waals surface area (Å²) in [4.78, 5) is 11.6. The quantitative estimate of drug-likeness (QED) is 0.436. The Morgan fingerprint density at radius 3 is 2.22 bits per heavy atom. The molecule has 2 N–H and O–H groups in total. The van der Waals surface area contributed by atoms with Crippen molar-refractivity contribution < 1.29 is 15.0 Å². The molecule has 4 aliphatic rings. The third-order valence-corrected chi connectivity index (χ3v) is 11.5. The van der Waals surface area contributed by atoms with Gasteiger partial charge in [-0.1, -0.05) is 53.9 Å². The van der Waals surface area contributed by atoms with Gasteiger partial charge in [0.1, 0.15) is 0 Å². The van der Waals surface area contributed by atoms with Crippen LogP contribution in [0.25, 0.3) is 0 Å². The summed E-state index contributed by atoms with van der Waals surface area (Å²) in [5, 5.41) is 20.2. The minimum absolute atomic E-state index is 0.0437. The summed E-state index contributed by atoms with van der Waals surface area (Å²) >= 11 is 0.